The van der Waals surface area contributed by atoms with Crippen LogP contribution in [0.2, 0.25) is 5.02 Å². The van der Waals surface area contributed by atoms with Gasteiger partial charge in [0.25, 0.3) is 0 Å². The van der Waals surface area contributed by atoms with Crippen molar-refractivity contribution in [2.45, 2.75) is 6.54 Å². The third-order valence-corrected chi connectivity index (χ3v) is 3.57. The Bertz CT molecular complexity index is 632. The van der Waals surface area contributed by atoms with Crippen LogP contribution < -0.4 is 5.32 Å². The van der Waals surface area contributed by atoms with Gasteiger partial charge >= 0.3 is 0 Å². The highest BCUT2D eigenvalue weighted by Crippen LogP contribution is 2.27. The molecule has 2 heterocycles. The Hall–Kier alpha value is -1.59. The molecule has 3 rings (SSSR count). The maximum absolute atomic E-state index is 6.29. The van der Waals surface area contributed by atoms with E-state index in [0.717, 1.165) is 26.8 Å². The number of fused-ring (bicyclic) bond motifs is 1. The largest absolute Gasteiger partial charge is 0.356 e. The van der Waals surface area contributed by atoms with E-state index in [1.807, 2.05) is 24.3 Å². The zero-order chi connectivity index (χ0) is 11.7. The highest BCUT2D eigenvalue weighted by Gasteiger charge is 2.08. The number of nitrogens with one attached hydrogen (secondary N) is 2. The van der Waals surface area contributed by atoms with Crippen LogP contribution in [-0.2, 0) is 6.54 Å². The van der Waals surface area contributed by atoms with E-state index in [-0.39, 0.29) is 0 Å². The van der Waals surface area contributed by atoms with Crippen molar-refractivity contribution in [1.29, 1.82) is 0 Å². The molecule has 0 radical (unpaired) electrons. The number of para-hydroxylation sites is 1. The Morgan fingerprint density at radius 1 is 1.35 bits per heavy atom. The van der Waals surface area contributed by atoms with Crippen LogP contribution >= 0.6 is 22.9 Å². The smallest absolute Gasteiger partial charge is 0.205 e. The average molecular weight is 265 g/mol. The van der Waals surface area contributed by atoms with Gasteiger partial charge in [-0.25, -0.2) is 0 Å². The lowest BCUT2D eigenvalue weighted by atomic mass is 10.2. The molecule has 6 heteroatoms. The van der Waals surface area contributed by atoms with Crippen LogP contribution in [0.4, 0.5) is 5.13 Å². The van der Waals surface area contributed by atoms with Crippen molar-refractivity contribution in [3.05, 3.63) is 40.5 Å². The first-order valence-electron chi connectivity index (χ1n) is 5.10. The lowest BCUT2D eigenvalue weighted by Crippen LogP contribution is -1.99. The predicted molar refractivity (Wildman–Crippen MR) is 70.5 cm³/mol. The van der Waals surface area contributed by atoms with Crippen molar-refractivity contribution < 1.29 is 0 Å². The third kappa shape index (κ3) is 1.99. The minimum atomic E-state index is 0.614. The number of benzene rings is 1. The summed E-state index contributed by atoms with van der Waals surface area (Å²) in [5.74, 6) is 0. The molecule has 0 fully saturated rings. The Morgan fingerprint density at radius 2 is 2.24 bits per heavy atom. The fourth-order valence-corrected chi connectivity index (χ4v) is 2.42. The monoisotopic (exact) mass is 264 g/mol. The summed E-state index contributed by atoms with van der Waals surface area (Å²) in [5, 5.41) is 13.4. The first-order chi connectivity index (χ1) is 8.34. The highest BCUT2D eigenvalue weighted by atomic mass is 35.5. The van der Waals surface area contributed by atoms with Gasteiger partial charge in [0.2, 0.25) is 5.13 Å². The van der Waals surface area contributed by atoms with E-state index in [1.165, 1.54) is 11.3 Å². The molecule has 0 unspecified atom stereocenters. The molecule has 4 nitrogen and oxygen atoms in total. The second-order valence-corrected chi connectivity index (χ2v) is 4.77. The fraction of sp³-hybridized carbons (Fsp3) is 0.0909. The molecule has 0 amide bonds. The number of nitrogens with zero attached hydrogens (tertiary/aromatic N) is 2. The molecule has 2 N–H and O–H groups in total. The molecule has 0 saturated heterocycles. The molecular weight excluding hydrogens is 256 g/mol. The van der Waals surface area contributed by atoms with Crippen LogP contribution in [0.5, 0.6) is 0 Å². The maximum Gasteiger partial charge on any atom is 0.205 e. The second kappa shape index (κ2) is 4.35. The lowest BCUT2D eigenvalue weighted by molar-refractivity contribution is 1.03. The molecule has 86 valence electrons. The van der Waals surface area contributed by atoms with Crippen molar-refractivity contribution in [1.82, 2.24) is 15.2 Å². The zero-order valence-electron chi connectivity index (χ0n) is 8.77. The summed E-state index contributed by atoms with van der Waals surface area (Å²) in [7, 11) is 0. The third-order valence-electron chi connectivity index (χ3n) is 2.49. The molecule has 2 aromatic heterocycles. The van der Waals surface area contributed by atoms with Gasteiger partial charge in [-0.15, -0.1) is 10.2 Å². The second-order valence-electron chi connectivity index (χ2n) is 3.56. The van der Waals surface area contributed by atoms with Crippen LogP contribution in [-0.4, -0.2) is 15.2 Å². The number of aromatic nitrogens is 3. The van der Waals surface area contributed by atoms with E-state index in [4.69, 9.17) is 11.6 Å². The summed E-state index contributed by atoms with van der Waals surface area (Å²) in [6.45, 7) is 0.614. The van der Waals surface area contributed by atoms with Crippen LogP contribution in [0, 0.1) is 0 Å². The van der Waals surface area contributed by atoms with Crippen molar-refractivity contribution >= 4 is 39.0 Å². The Balaban J connectivity index is 1.88. The van der Waals surface area contributed by atoms with Crippen molar-refractivity contribution in [2.75, 3.05) is 5.32 Å². The van der Waals surface area contributed by atoms with Crippen molar-refractivity contribution in [2.24, 2.45) is 0 Å². The van der Waals surface area contributed by atoms with E-state index in [2.05, 4.69) is 20.5 Å². The molecule has 0 aliphatic rings. The topological polar surface area (TPSA) is 53.6 Å². The van der Waals surface area contributed by atoms with E-state index < -0.39 is 0 Å². The molecule has 0 atom stereocenters. The van der Waals surface area contributed by atoms with Gasteiger partial charge in [0, 0.05) is 10.9 Å². The molecule has 1 aromatic carbocycles. The van der Waals surface area contributed by atoms with Crippen LogP contribution in [0.15, 0.2) is 29.8 Å². The first kappa shape index (κ1) is 10.6. The predicted octanol–water partition coefficient (Wildman–Crippen LogP) is 3.28. The maximum atomic E-state index is 6.29. The van der Waals surface area contributed by atoms with E-state index in [1.54, 1.807) is 5.51 Å². The zero-order valence-corrected chi connectivity index (χ0v) is 10.3. The molecule has 0 aliphatic carbocycles. The number of H-pyrrole nitrogens is 1. The standard InChI is InChI=1S/C11H9ClN4S/c12-10-7-3-1-2-4-8(7)15-9(10)5-13-11-16-14-6-17-11/h1-4,6,15H,5H2,(H,13,16). The Morgan fingerprint density at radius 3 is 3.00 bits per heavy atom. The minimum absolute atomic E-state index is 0.614. The van der Waals surface area contributed by atoms with Gasteiger partial charge in [0.05, 0.1) is 17.3 Å². The summed E-state index contributed by atoms with van der Waals surface area (Å²) in [5.41, 5.74) is 3.70. The molecule has 3 aromatic rings. The summed E-state index contributed by atoms with van der Waals surface area (Å²) in [6, 6.07) is 7.97. The van der Waals surface area contributed by atoms with Gasteiger partial charge in [0.1, 0.15) is 5.51 Å². The summed E-state index contributed by atoms with van der Waals surface area (Å²) in [6.07, 6.45) is 0. The number of aromatic amines is 1. The van der Waals surface area contributed by atoms with Crippen molar-refractivity contribution in [3.8, 4) is 0 Å². The Kier molecular flexibility index (Phi) is 2.70. The normalized spacial score (nSPS) is 10.9. The fourth-order valence-electron chi connectivity index (χ4n) is 1.70. The number of halogens is 1. The van der Waals surface area contributed by atoms with Gasteiger partial charge in [0.15, 0.2) is 0 Å². The van der Waals surface area contributed by atoms with Gasteiger partial charge in [-0.1, -0.05) is 41.1 Å². The molecule has 0 aliphatic heterocycles. The van der Waals surface area contributed by atoms with E-state index >= 15 is 0 Å². The molecule has 0 spiro atoms. The van der Waals surface area contributed by atoms with Gasteiger partial charge in [-0.05, 0) is 6.07 Å². The summed E-state index contributed by atoms with van der Waals surface area (Å²) >= 11 is 7.76. The van der Waals surface area contributed by atoms with Crippen LogP contribution in [0.3, 0.4) is 0 Å². The summed E-state index contributed by atoms with van der Waals surface area (Å²) < 4.78 is 0. The SMILES string of the molecule is Clc1c(CNc2nncs2)[nH]c2ccccc12. The van der Waals surface area contributed by atoms with Gasteiger partial charge in [-0.3, -0.25) is 0 Å². The number of hydrogen-bond donors (Lipinski definition) is 2. The van der Waals surface area contributed by atoms with E-state index in [9.17, 15) is 0 Å². The summed E-state index contributed by atoms with van der Waals surface area (Å²) in [4.78, 5) is 3.29. The first-order valence-corrected chi connectivity index (χ1v) is 6.35. The van der Waals surface area contributed by atoms with Gasteiger partial charge in [-0.2, -0.15) is 0 Å². The van der Waals surface area contributed by atoms with E-state index in [0.29, 0.717) is 6.54 Å². The highest BCUT2D eigenvalue weighted by molar-refractivity contribution is 7.13. The number of hydrogen-bond acceptors (Lipinski definition) is 4. The van der Waals surface area contributed by atoms with Crippen molar-refractivity contribution in [3.63, 3.8) is 0 Å². The number of rotatable bonds is 3. The number of anilines is 1. The molecular formula is C11H9ClN4S. The van der Waals surface area contributed by atoms with Crippen LogP contribution in [0.1, 0.15) is 5.69 Å². The quantitative estimate of drug-likeness (QED) is 0.763. The Labute approximate surface area is 107 Å². The van der Waals surface area contributed by atoms with Crippen LogP contribution in [0.25, 0.3) is 10.9 Å². The molecule has 0 saturated carbocycles. The molecule has 17 heavy (non-hydrogen) atoms. The molecule has 0 bridgehead atoms. The lowest BCUT2D eigenvalue weighted by Gasteiger charge is -1.99. The van der Waals surface area contributed by atoms with Gasteiger partial charge < -0.3 is 10.3 Å². The minimum Gasteiger partial charge on any atom is -0.356 e. The average Bonchev–Trinajstić information content (AvgIpc) is 2.96.